The van der Waals surface area contributed by atoms with Crippen molar-refractivity contribution in [3.8, 4) is 0 Å². The minimum atomic E-state index is -2.47. The topological polar surface area (TPSA) is 113 Å². The first-order valence-electron chi connectivity index (χ1n) is 14.5. The van der Waals surface area contributed by atoms with E-state index in [1.165, 1.54) is 0 Å². The molecule has 0 saturated heterocycles. The van der Waals surface area contributed by atoms with Crippen molar-refractivity contribution in [3.05, 3.63) is 156 Å². The number of rotatable bonds is 16. The van der Waals surface area contributed by atoms with Gasteiger partial charge in [-0.2, -0.15) is 0 Å². The van der Waals surface area contributed by atoms with Crippen molar-refractivity contribution in [2.24, 2.45) is 0 Å². The molecule has 0 aliphatic rings. The normalized spacial score (nSPS) is 15.2. The molecule has 0 unspecified atom stereocenters. The molecule has 0 aliphatic carbocycles. The second-order valence-electron chi connectivity index (χ2n) is 10.8. The fourth-order valence-corrected chi connectivity index (χ4v) is 5.34. The molecular formula is C37H38O7. The number of benzene rings is 4. The monoisotopic (exact) mass is 594 g/mol. The Balaban J connectivity index is 1.86. The predicted molar refractivity (Wildman–Crippen MR) is 168 cm³/mol. The Bertz CT molecular complexity index is 1480. The van der Waals surface area contributed by atoms with Crippen molar-refractivity contribution >= 4 is 11.8 Å². The number of ether oxygens (including phenoxy) is 2. The summed E-state index contributed by atoms with van der Waals surface area (Å²) in [5.41, 5.74) is -2.31. The minimum Gasteiger partial charge on any atom is -0.460 e. The van der Waals surface area contributed by atoms with Gasteiger partial charge in [0.15, 0.2) is 11.4 Å². The maximum Gasteiger partial charge on any atom is 0.330 e. The third kappa shape index (κ3) is 8.15. The van der Waals surface area contributed by atoms with Crippen LogP contribution >= 0.6 is 0 Å². The maximum absolute atomic E-state index is 14.3. The zero-order chi connectivity index (χ0) is 31.4. The van der Waals surface area contributed by atoms with Crippen molar-refractivity contribution in [2.75, 3.05) is 6.61 Å². The molecule has 0 heterocycles. The highest BCUT2D eigenvalue weighted by molar-refractivity contribution is 5.91. The summed E-state index contributed by atoms with van der Waals surface area (Å²) in [7, 11) is 0. The first kappa shape index (κ1) is 32.5. The van der Waals surface area contributed by atoms with Gasteiger partial charge in [0.25, 0.3) is 0 Å². The molecule has 0 bridgehead atoms. The second kappa shape index (κ2) is 15.4. The van der Waals surface area contributed by atoms with Crippen molar-refractivity contribution in [3.63, 3.8) is 0 Å². The van der Waals surface area contributed by atoms with Crippen molar-refractivity contribution in [1.82, 2.24) is 0 Å². The van der Waals surface area contributed by atoms with Gasteiger partial charge in [0.05, 0.1) is 6.61 Å². The molecule has 44 heavy (non-hydrogen) atoms. The summed E-state index contributed by atoms with van der Waals surface area (Å²) < 4.78 is 11.4. The molecule has 0 amide bonds. The van der Waals surface area contributed by atoms with Crippen LogP contribution in [0, 0.1) is 0 Å². The Morgan fingerprint density at radius 1 is 0.705 bits per heavy atom. The summed E-state index contributed by atoms with van der Waals surface area (Å²) in [6.45, 7) is 2.75. The van der Waals surface area contributed by atoms with Gasteiger partial charge in [0.2, 0.25) is 0 Å². The van der Waals surface area contributed by atoms with Crippen molar-refractivity contribution < 1.29 is 34.4 Å². The average molecular weight is 595 g/mol. The van der Waals surface area contributed by atoms with Crippen LogP contribution in [-0.2, 0) is 44.9 Å². The van der Waals surface area contributed by atoms with Crippen LogP contribution in [0.25, 0.3) is 0 Å². The van der Waals surface area contributed by atoms with Crippen molar-refractivity contribution in [2.45, 2.75) is 49.3 Å². The zero-order valence-electron chi connectivity index (χ0n) is 24.5. The van der Waals surface area contributed by atoms with E-state index in [4.69, 9.17) is 9.47 Å². The maximum atomic E-state index is 14.3. The molecule has 7 nitrogen and oxygen atoms in total. The number of Topliss-reactive ketones (excluding diaryl/α,β-unsaturated/α-hetero) is 1. The van der Waals surface area contributed by atoms with E-state index < -0.39 is 41.8 Å². The molecule has 3 N–H and O–H groups in total. The number of carbonyl (C=O) groups is 2. The van der Waals surface area contributed by atoms with E-state index in [0.29, 0.717) is 16.7 Å². The van der Waals surface area contributed by atoms with Gasteiger partial charge in [-0.3, -0.25) is 4.79 Å². The van der Waals surface area contributed by atoms with Crippen LogP contribution in [0.1, 0.15) is 22.3 Å². The third-order valence-corrected chi connectivity index (χ3v) is 7.66. The first-order chi connectivity index (χ1) is 21.2. The summed E-state index contributed by atoms with van der Waals surface area (Å²) in [4.78, 5) is 26.3. The summed E-state index contributed by atoms with van der Waals surface area (Å²) >= 11 is 0. The Morgan fingerprint density at radius 2 is 1.16 bits per heavy atom. The van der Waals surface area contributed by atoms with E-state index in [-0.39, 0.29) is 25.9 Å². The van der Waals surface area contributed by atoms with Gasteiger partial charge >= 0.3 is 5.97 Å². The van der Waals surface area contributed by atoms with E-state index in [2.05, 4.69) is 6.58 Å². The molecule has 7 heteroatoms. The number of ketones is 1. The average Bonchev–Trinajstić information content (AvgIpc) is 3.05. The molecule has 0 radical (unpaired) electrons. The number of hydrogen-bond acceptors (Lipinski definition) is 7. The van der Waals surface area contributed by atoms with Crippen LogP contribution in [0.2, 0.25) is 0 Å². The third-order valence-electron chi connectivity index (χ3n) is 7.66. The van der Waals surface area contributed by atoms with Crippen LogP contribution < -0.4 is 0 Å². The van der Waals surface area contributed by atoms with E-state index in [1.807, 2.05) is 48.5 Å². The van der Waals surface area contributed by atoms with E-state index in [0.717, 1.165) is 11.6 Å². The smallest absolute Gasteiger partial charge is 0.330 e. The number of hydrogen-bond donors (Lipinski definition) is 3. The van der Waals surface area contributed by atoms with Gasteiger partial charge < -0.3 is 24.8 Å². The van der Waals surface area contributed by atoms with Crippen LogP contribution in [0.3, 0.4) is 0 Å². The Hall–Kier alpha value is -4.40. The highest BCUT2D eigenvalue weighted by Gasteiger charge is 2.60. The Morgan fingerprint density at radius 3 is 1.66 bits per heavy atom. The summed E-state index contributed by atoms with van der Waals surface area (Å²) in [5, 5.41) is 37.1. The second-order valence-corrected chi connectivity index (χ2v) is 10.8. The van der Waals surface area contributed by atoms with Gasteiger partial charge in [-0.25, -0.2) is 4.79 Å². The fourth-order valence-electron chi connectivity index (χ4n) is 5.34. The van der Waals surface area contributed by atoms with E-state index >= 15 is 0 Å². The highest BCUT2D eigenvalue weighted by Crippen LogP contribution is 2.38. The molecule has 0 fully saturated rings. The standard InChI is InChI=1S/C37H38O7/c1-2-34(40)43-27-32(38)35(44-26-31-21-13-6-14-22-31)37(42,25-30-19-11-5-12-20-30)36(41,24-29-17-9-4-10-18-29)33(39)23-28-15-7-3-8-16-28/h2-22,32,35,38,41-42H,1,23-27H2/t32-,35+,36+,37+/m1/s1. The fraction of sp³-hybridized carbons (Fsp3) is 0.243. The quantitative estimate of drug-likeness (QED) is 0.130. The lowest BCUT2D eigenvalue weighted by atomic mass is 9.67. The predicted octanol–water partition coefficient (Wildman–Crippen LogP) is 4.42. The molecule has 4 rings (SSSR count). The lowest BCUT2D eigenvalue weighted by Crippen LogP contribution is -2.70. The summed E-state index contributed by atoms with van der Waals surface area (Å²) in [6, 6.07) is 35.8. The lowest BCUT2D eigenvalue weighted by molar-refractivity contribution is -0.238. The Labute approximate surface area is 258 Å². The van der Waals surface area contributed by atoms with Crippen molar-refractivity contribution in [1.29, 1.82) is 0 Å². The molecule has 0 aliphatic heterocycles. The van der Waals surface area contributed by atoms with Gasteiger partial charge in [0.1, 0.15) is 24.4 Å². The van der Waals surface area contributed by atoms with Crippen LogP contribution in [0.4, 0.5) is 0 Å². The number of aliphatic hydroxyl groups is 3. The SMILES string of the molecule is C=CC(=O)OC[C@@H](O)[C@H](OCc1ccccc1)[C@@](O)(Cc1ccccc1)[C@](O)(Cc1ccccc1)C(=O)Cc1ccccc1. The van der Waals surface area contributed by atoms with E-state index in [1.54, 1.807) is 72.8 Å². The molecule has 0 aromatic heterocycles. The van der Waals surface area contributed by atoms with E-state index in [9.17, 15) is 24.9 Å². The number of aliphatic hydroxyl groups excluding tert-OH is 1. The first-order valence-corrected chi connectivity index (χ1v) is 14.5. The van der Waals surface area contributed by atoms with Gasteiger partial charge in [-0.15, -0.1) is 0 Å². The molecule has 4 atom stereocenters. The van der Waals surface area contributed by atoms with Gasteiger partial charge in [-0.1, -0.05) is 128 Å². The molecule has 4 aromatic rings. The largest absolute Gasteiger partial charge is 0.460 e. The lowest BCUT2D eigenvalue weighted by Gasteiger charge is -2.48. The van der Waals surface area contributed by atoms with Gasteiger partial charge in [0, 0.05) is 25.3 Å². The Kier molecular flexibility index (Phi) is 11.4. The van der Waals surface area contributed by atoms with Crippen LogP contribution in [0.15, 0.2) is 134 Å². The summed E-state index contributed by atoms with van der Waals surface area (Å²) in [5.74, 6) is -1.44. The number of esters is 1. The molecule has 0 saturated carbocycles. The molecule has 4 aromatic carbocycles. The van der Waals surface area contributed by atoms with Gasteiger partial charge in [-0.05, 0) is 22.3 Å². The zero-order valence-corrected chi connectivity index (χ0v) is 24.5. The van der Waals surface area contributed by atoms with Crippen LogP contribution in [-0.4, -0.2) is 57.1 Å². The highest BCUT2D eigenvalue weighted by atomic mass is 16.6. The summed E-state index contributed by atoms with van der Waals surface area (Å²) in [6.07, 6.45) is -2.99. The minimum absolute atomic E-state index is 0.0661. The number of carbonyl (C=O) groups excluding carboxylic acids is 2. The molecule has 228 valence electrons. The molecule has 0 spiro atoms. The molecular weight excluding hydrogens is 556 g/mol. The van der Waals surface area contributed by atoms with Crippen LogP contribution in [0.5, 0.6) is 0 Å².